The second-order valence-corrected chi connectivity index (χ2v) is 5.29. The van der Waals surface area contributed by atoms with Crippen molar-refractivity contribution in [2.75, 3.05) is 20.6 Å². The molecule has 2 rings (SSSR count). The maximum atomic E-state index is 4.31. The van der Waals surface area contributed by atoms with E-state index in [1.165, 1.54) is 25.0 Å². The van der Waals surface area contributed by atoms with Crippen LogP contribution in [0.5, 0.6) is 0 Å². The first-order valence-electron chi connectivity index (χ1n) is 6.58. The number of hydrogen-bond donors (Lipinski definition) is 1. The van der Waals surface area contributed by atoms with Crippen LogP contribution in [0.2, 0.25) is 0 Å². The van der Waals surface area contributed by atoms with Gasteiger partial charge in [0.2, 0.25) is 0 Å². The molecule has 4 nitrogen and oxygen atoms in total. The van der Waals surface area contributed by atoms with Crippen LogP contribution in [-0.2, 0) is 6.54 Å². The van der Waals surface area contributed by atoms with Gasteiger partial charge in [0, 0.05) is 24.8 Å². The number of aromatic nitrogens is 2. The third kappa shape index (κ3) is 3.07. The van der Waals surface area contributed by atoms with Gasteiger partial charge >= 0.3 is 0 Å². The molecule has 0 amide bonds. The van der Waals surface area contributed by atoms with Crippen LogP contribution in [0.15, 0.2) is 12.5 Å². The van der Waals surface area contributed by atoms with Crippen molar-refractivity contribution in [3.05, 3.63) is 18.2 Å². The smallest absolute Gasteiger partial charge is 0.0949 e. The summed E-state index contributed by atoms with van der Waals surface area (Å²) >= 11 is 0. The van der Waals surface area contributed by atoms with Gasteiger partial charge in [0.15, 0.2) is 0 Å². The minimum absolute atomic E-state index is 0.501. The molecule has 1 N–H and O–H groups in total. The molecular weight excluding hydrogens is 212 g/mol. The third-order valence-corrected chi connectivity index (χ3v) is 3.75. The quantitative estimate of drug-likeness (QED) is 0.863. The molecule has 0 radical (unpaired) electrons. The van der Waals surface area contributed by atoms with Crippen molar-refractivity contribution in [2.24, 2.45) is 0 Å². The Balaban J connectivity index is 2.05. The molecule has 2 atom stereocenters. The Morgan fingerprint density at radius 3 is 3.00 bits per heavy atom. The summed E-state index contributed by atoms with van der Waals surface area (Å²) in [6, 6.07) is 1.03. The molecule has 1 saturated heterocycles. The summed E-state index contributed by atoms with van der Waals surface area (Å²) in [5, 5.41) is 3.59. The van der Waals surface area contributed by atoms with Gasteiger partial charge in [-0.05, 0) is 40.4 Å². The van der Waals surface area contributed by atoms with Crippen molar-refractivity contribution in [1.29, 1.82) is 0 Å². The Bertz CT molecular complexity index is 339. The molecular formula is C13H24N4. The fourth-order valence-corrected chi connectivity index (χ4v) is 2.33. The molecule has 0 saturated carbocycles. The highest BCUT2D eigenvalue weighted by Crippen LogP contribution is 2.22. The van der Waals surface area contributed by atoms with E-state index in [-0.39, 0.29) is 0 Å². The largest absolute Gasteiger partial charge is 0.332 e. The lowest BCUT2D eigenvalue weighted by molar-refractivity contribution is 0.277. The highest BCUT2D eigenvalue weighted by Gasteiger charge is 2.19. The fraction of sp³-hybridized carbons (Fsp3) is 0.769. The number of nitrogens with zero attached hydrogens (tertiary/aromatic N) is 3. The Kier molecular flexibility index (Phi) is 4.18. The van der Waals surface area contributed by atoms with E-state index in [9.17, 15) is 0 Å². The van der Waals surface area contributed by atoms with Gasteiger partial charge in [0.05, 0.1) is 12.0 Å². The van der Waals surface area contributed by atoms with Crippen molar-refractivity contribution in [3.8, 4) is 0 Å². The zero-order valence-electron chi connectivity index (χ0n) is 11.2. The van der Waals surface area contributed by atoms with Crippen molar-refractivity contribution in [3.63, 3.8) is 0 Å². The fourth-order valence-electron chi connectivity index (χ4n) is 2.33. The van der Waals surface area contributed by atoms with E-state index >= 15 is 0 Å². The first-order valence-corrected chi connectivity index (χ1v) is 6.58. The van der Waals surface area contributed by atoms with Crippen LogP contribution in [0, 0.1) is 0 Å². The standard InChI is InChI=1S/C13H24N4/c1-11(16(2)3)9-17-10-14-8-13(17)12-6-4-5-7-15-12/h8,10-12,15H,4-7,9H2,1-3H3. The monoisotopic (exact) mass is 236 g/mol. The summed E-state index contributed by atoms with van der Waals surface area (Å²) in [6.07, 6.45) is 7.85. The van der Waals surface area contributed by atoms with Gasteiger partial charge < -0.3 is 14.8 Å². The van der Waals surface area contributed by atoms with Crippen molar-refractivity contribution >= 4 is 0 Å². The highest BCUT2D eigenvalue weighted by molar-refractivity contribution is 5.06. The van der Waals surface area contributed by atoms with Gasteiger partial charge in [-0.15, -0.1) is 0 Å². The average molecular weight is 236 g/mol. The Morgan fingerprint density at radius 1 is 1.53 bits per heavy atom. The SMILES string of the molecule is CC(Cn1cncc1C1CCCCN1)N(C)C. The molecule has 2 unspecified atom stereocenters. The molecule has 96 valence electrons. The lowest BCUT2D eigenvalue weighted by atomic mass is 10.0. The normalized spacial score (nSPS) is 22.9. The molecule has 1 aliphatic rings. The van der Waals surface area contributed by atoms with Crippen LogP contribution < -0.4 is 5.32 Å². The molecule has 2 heterocycles. The zero-order chi connectivity index (χ0) is 12.3. The predicted molar refractivity (Wildman–Crippen MR) is 70.0 cm³/mol. The summed E-state index contributed by atoms with van der Waals surface area (Å²) in [5.41, 5.74) is 1.35. The molecule has 1 fully saturated rings. The van der Waals surface area contributed by atoms with E-state index < -0.39 is 0 Å². The topological polar surface area (TPSA) is 33.1 Å². The minimum Gasteiger partial charge on any atom is -0.332 e. The number of likely N-dealkylation sites (N-methyl/N-ethyl adjacent to an activating group) is 1. The van der Waals surface area contributed by atoms with E-state index in [2.05, 4.69) is 40.8 Å². The molecule has 0 aromatic carbocycles. The molecule has 1 aromatic heterocycles. The number of imidazole rings is 1. The van der Waals surface area contributed by atoms with Gasteiger partial charge in [-0.2, -0.15) is 0 Å². The van der Waals surface area contributed by atoms with E-state index in [0.29, 0.717) is 12.1 Å². The van der Waals surface area contributed by atoms with Crippen LogP contribution in [0.25, 0.3) is 0 Å². The van der Waals surface area contributed by atoms with E-state index in [4.69, 9.17) is 0 Å². The molecule has 0 spiro atoms. The van der Waals surface area contributed by atoms with E-state index in [0.717, 1.165) is 13.1 Å². The van der Waals surface area contributed by atoms with Crippen LogP contribution >= 0.6 is 0 Å². The van der Waals surface area contributed by atoms with Crippen LogP contribution in [0.3, 0.4) is 0 Å². The molecule has 1 aliphatic heterocycles. The molecule has 17 heavy (non-hydrogen) atoms. The van der Waals surface area contributed by atoms with Gasteiger partial charge in [0.1, 0.15) is 0 Å². The lowest BCUT2D eigenvalue weighted by Gasteiger charge is -2.26. The second kappa shape index (κ2) is 5.65. The molecule has 4 heteroatoms. The Morgan fingerprint density at radius 2 is 2.35 bits per heavy atom. The van der Waals surface area contributed by atoms with E-state index in [1.54, 1.807) is 0 Å². The average Bonchev–Trinajstić information content (AvgIpc) is 2.78. The van der Waals surface area contributed by atoms with Gasteiger partial charge in [-0.1, -0.05) is 6.42 Å². The maximum Gasteiger partial charge on any atom is 0.0949 e. The number of piperidine rings is 1. The summed E-state index contributed by atoms with van der Waals surface area (Å²) < 4.78 is 2.30. The molecule has 1 aromatic rings. The van der Waals surface area contributed by atoms with Crippen molar-refractivity contribution in [2.45, 2.75) is 44.8 Å². The first kappa shape index (κ1) is 12.6. The van der Waals surface area contributed by atoms with Crippen LogP contribution in [-0.4, -0.2) is 41.1 Å². The second-order valence-electron chi connectivity index (χ2n) is 5.29. The Hall–Kier alpha value is -0.870. The summed E-state index contributed by atoms with van der Waals surface area (Å²) in [4.78, 5) is 6.56. The Labute approximate surface area is 104 Å². The van der Waals surface area contributed by atoms with Gasteiger partial charge in [-0.3, -0.25) is 0 Å². The first-order chi connectivity index (χ1) is 8.18. The molecule has 0 bridgehead atoms. The van der Waals surface area contributed by atoms with Crippen LogP contribution in [0.1, 0.15) is 37.9 Å². The van der Waals surface area contributed by atoms with Gasteiger partial charge in [-0.25, -0.2) is 4.98 Å². The zero-order valence-corrected chi connectivity index (χ0v) is 11.2. The van der Waals surface area contributed by atoms with Crippen molar-refractivity contribution < 1.29 is 0 Å². The van der Waals surface area contributed by atoms with Crippen LogP contribution in [0.4, 0.5) is 0 Å². The highest BCUT2D eigenvalue weighted by atomic mass is 15.2. The molecule has 0 aliphatic carbocycles. The van der Waals surface area contributed by atoms with Gasteiger partial charge in [0.25, 0.3) is 0 Å². The maximum absolute atomic E-state index is 4.31. The van der Waals surface area contributed by atoms with Crippen molar-refractivity contribution in [1.82, 2.24) is 19.8 Å². The summed E-state index contributed by atoms with van der Waals surface area (Å²) in [5.74, 6) is 0. The number of rotatable bonds is 4. The number of hydrogen-bond acceptors (Lipinski definition) is 3. The summed E-state index contributed by atoms with van der Waals surface area (Å²) in [7, 11) is 4.25. The minimum atomic E-state index is 0.501. The summed E-state index contributed by atoms with van der Waals surface area (Å²) in [6.45, 7) is 4.40. The van der Waals surface area contributed by atoms with E-state index in [1.807, 2.05) is 12.5 Å². The number of nitrogens with one attached hydrogen (secondary N) is 1. The third-order valence-electron chi connectivity index (χ3n) is 3.75. The predicted octanol–water partition coefficient (Wildman–Crippen LogP) is 1.65. The lowest BCUT2D eigenvalue weighted by Crippen LogP contribution is -2.32.